The van der Waals surface area contributed by atoms with Crippen LogP contribution in [0.1, 0.15) is 75.6 Å². The fourth-order valence-electron chi connectivity index (χ4n) is 5.47. The Morgan fingerprint density at radius 2 is 1.47 bits per heavy atom. The Kier molecular flexibility index (Phi) is 4.85. The van der Waals surface area contributed by atoms with E-state index >= 15 is 0 Å². The smallest absolute Gasteiger partial charge is 0.144 e. The van der Waals surface area contributed by atoms with E-state index in [4.69, 9.17) is 4.98 Å². The van der Waals surface area contributed by atoms with E-state index in [2.05, 4.69) is 113 Å². The van der Waals surface area contributed by atoms with E-state index in [1.165, 1.54) is 39.1 Å². The molecule has 0 bridgehead atoms. The molecule has 0 amide bonds. The number of aromatic nitrogens is 2. The van der Waals surface area contributed by atoms with E-state index in [0.717, 1.165) is 11.4 Å². The van der Waals surface area contributed by atoms with Gasteiger partial charge in [-0.2, -0.15) is 0 Å². The highest BCUT2D eigenvalue weighted by atomic mass is 15.1. The zero-order chi connectivity index (χ0) is 22.6. The lowest BCUT2D eigenvalue weighted by atomic mass is 9.76. The number of hydrogen-bond donors (Lipinski definition) is 0. The molecule has 1 heterocycles. The first kappa shape index (κ1) is 20.8. The molecule has 5 rings (SSSR count). The largest absolute Gasteiger partial charge is 0.299 e. The molecule has 1 aliphatic carbocycles. The molecule has 162 valence electrons. The topological polar surface area (TPSA) is 17.8 Å². The van der Waals surface area contributed by atoms with E-state index in [-0.39, 0.29) is 5.41 Å². The van der Waals surface area contributed by atoms with Crippen LogP contribution in [0.15, 0.2) is 73.1 Å². The van der Waals surface area contributed by atoms with Crippen molar-refractivity contribution in [3.8, 4) is 28.2 Å². The van der Waals surface area contributed by atoms with E-state index in [1.807, 2.05) is 6.20 Å². The number of rotatable bonds is 4. The Morgan fingerprint density at radius 3 is 2.16 bits per heavy atom. The highest BCUT2D eigenvalue weighted by Gasteiger charge is 2.40. The predicted molar refractivity (Wildman–Crippen MR) is 135 cm³/mol. The molecule has 0 aliphatic heterocycles. The first-order valence-corrected chi connectivity index (χ1v) is 11.7. The van der Waals surface area contributed by atoms with Crippen LogP contribution in [0.5, 0.6) is 0 Å². The van der Waals surface area contributed by atoms with Gasteiger partial charge in [0.1, 0.15) is 5.82 Å². The number of hydrogen-bond acceptors (Lipinski definition) is 1. The molecule has 0 spiro atoms. The van der Waals surface area contributed by atoms with Gasteiger partial charge in [-0.25, -0.2) is 4.98 Å². The van der Waals surface area contributed by atoms with Crippen LogP contribution in [0.4, 0.5) is 0 Å². The van der Waals surface area contributed by atoms with Crippen LogP contribution in [0.25, 0.3) is 28.2 Å². The maximum Gasteiger partial charge on any atom is 0.144 e. The molecule has 0 saturated carbocycles. The zero-order valence-corrected chi connectivity index (χ0v) is 20.0. The molecule has 0 fully saturated rings. The zero-order valence-electron chi connectivity index (χ0n) is 20.0. The third kappa shape index (κ3) is 2.97. The SMILES string of the molecule is CC(C)c1cc(C(C)C)c2c(c1-n1ccnc1-c1ccccc1)-c1ccccc1C2(C)C. The lowest BCUT2D eigenvalue weighted by Gasteiger charge is -2.29. The van der Waals surface area contributed by atoms with Crippen LogP contribution in [0.2, 0.25) is 0 Å². The Morgan fingerprint density at radius 1 is 0.812 bits per heavy atom. The summed E-state index contributed by atoms with van der Waals surface area (Å²) >= 11 is 0. The normalized spacial score (nSPS) is 14.1. The van der Waals surface area contributed by atoms with Gasteiger partial charge in [-0.15, -0.1) is 0 Å². The summed E-state index contributed by atoms with van der Waals surface area (Å²) in [6.45, 7) is 14.0. The van der Waals surface area contributed by atoms with Gasteiger partial charge in [-0.3, -0.25) is 4.57 Å². The van der Waals surface area contributed by atoms with Crippen LogP contribution in [-0.2, 0) is 5.41 Å². The summed E-state index contributed by atoms with van der Waals surface area (Å²) in [5, 5.41) is 0. The van der Waals surface area contributed by atoms with Crippen molar-refractivity contribution in [2.75, 3.05) is 0 Å². The van der Waals surface area contributed by atoms with Crippen molar-refractivity contribution in [3.63, 3.8) is 0 Å². The second-order valence-electron chi connectivity index (χ2n) is 10.1. The summed E-state index contributed by atoms with van der Waals surface area (Å²) in [6, 6.07) is 22.0. The molecule has 0 saturated heterocycles. The third-order valence-electron chi connectivity index (χ3n) is 7.01. The van der Waals surface area contributed by atoms with Crippen LogP contribution in [0, 0.1) is 0 Å². The fourth-order valence-corrected chi connectivity index (χ4v) is 5.47. The lowest BCUT2D eigenvalue weighted by Crippen LogP contribution is -2.19. The molecule has 3 aromatic carbocycles. The van der Waals surface area contributed by atoms with Crippen LogP contribution < -0.4 is 0 Å². The highest BCUT2D eigenvalue weighted by Crippen LogP contribution is 2.55. The third-order valence-corrected chi connectivity index (χ3v) is 7.01. The molecule has 0 atom stereocenters. The summed E-state index contributed by atoms with van der Waals surface area (Å²) in [5.74, 6) is 1.85. The maximum absolute atomic E-state index is 4.80. The molecule has 0 radical (unpaired) electrons. The first-order valence-electron chi connectivity index (χ1n) is 11.7. The van der Waals surface area contributed by atoms with Gasteiger partial charge in [0.15, 0.2) is 0 Å². The van der Waals surface area contributed by atoms with E-state index in [0.29, 0.717) is 11.8 Å². The molecule has 1 aromatic heterocycles. The Balaban J connectivity index is 1.94. The van der Waals surface area contributed by atoms with Crippen molar-refractivity contribution in [1.29, 1.82) is 0 Å². The van der Waals surface area contributed by atoms with Gasteiger partial charge >= 0.3 is 0 Å². The number of imidazole rings is 1. The van der Waals surface area contributed by atoms with E-state index in [1.54, 1.807) is 0 Å². The molecule has 0 unspecified atom stereocenters. The fraction of sp³-hybridized carbons (Fsp3) is 0.300. The quantitative estimate of drug-likeness (QED) is 0.326. The van der Waals surface area contributed by atoms with Crippen molar-refractivity contribution < 1.29 is 0 Å². The van der Waals surface area contributed by atoms with Gasteiger partial charge in [0.2, 0.25) is 0 Å². The Bertz CT molecular complexity index is 1290. The minimum absolute atomic E-state index is 0.0384. The summed E-state index contributed by atoms with van der Waals surface area (Å²) in [7, 11) is 0. The number of nitrogens with zero attached hydrogens (tertiary/aromatic N) is 2. The highest BCUT2D eigenvalue weighted by molar-refractivity contribution is 5.90. The van der Waals surface area contributed by atoms with E-state index < -0.39 is 0 Å². The summed E-state index contributed by atoms with van der Waals surface area (Å²) in [4.78, 5) is 4.80. The average Bonchev–Trinajstić information content (AvgIpc) is 3.35. The molecule has 1 aliphatic rings. The van der Waals surface area contributed by atoms with Crippen LogP contribution >= 0.6 is 0 Å². The summed E-state index contributed by atoms with van der Waals surface area (Å²) in [5.41, 5.74) is 10.9. The number of fused-ring (bicyclic) bond motifs is 3. The predicted octanol–water partition coefficient (Wildman–Crippen LogP) is 8.09. The molecule has 0 N–H and O–H groups in total. The molecule has 32 heavy (non-hydrogen) atoms. The standard InChI is InChI=1S/C30H32N2/c1-19(2)23-18-24(20(3)4)28(32-17-16-31-29(32)21-12-8-7-9-13-21)26-22-14-10-11-15-25(22)30(5,6)27(23)26/h7-20H,1-6H3. The van der Waals surface area contributed by atoms with Crippen molar-refractivity contribution in [2.45, 2.75) is 58.8 Å². The molecule has 2 nitrogen and oxygen atoms in total. The summed E-state index contributed by atoms with van der Waals surface area (Å²) < 4.78 is 2.33. The first-order chi connectivity index (χ1) is 15.3. The molecule has 4 aromatic rings. The second-order valence-corrected chi connectivity index (χ2v) is 10.1. The molecular weight excluding hydrogens is 388 g/mol. The minimum atomic E-state index is -0.0384. The van der Waals surface area contributed by atoms with E-state index in [9.17, 15) is 0 Å². The minimum Gasteiger partial charge on any atom is -0.299 e. The van der Waals surface area contributed by atoms with Crippen LogP contribution in [0.3, 0.4) is 0 Å². The summed E-state index contributed by atoms with van der Waals surface area (Å²) in [6.07, 6.45) is 4.06. The Hall–Kier alpha value is -3.13. The van der Waals surface area contributed by atoms with Gasteiger partial charge in [0, 0.05) is 28.9 Å². The van der Waals surface area contributed by atoms with Gasteiger partial charge in [0.05, 0.1) is 5.69 Å². The van der Waals surface area contributed by atoms with Crippen molar-refractivity contribution in [1.82, 2.24) is 9.55 Å². The average molecular weight is 421 g/mol. The number of benzene rings is 3. The van der Waals surface area contributed by atoms with Crippen LogP contribution in [-0.4, -0.2) is 9.55 Å². The van der Waals surface area contributed by atoms with Crippen molar-refractivity contribution in [2.24, 2.45) is 0 Å². The van der Waals surface area contributed by atoms with Gasteiger partial charge in [-0.1, -0.05) is 102 Å². The lowest BCUT2D eigenvalue weighted by molar-refractivity contribution is 0.640. The van der Waals surface area contributed by atoms with Gasteiger partial charge in [-0.05, 0) is 39.7 Å². The molecular formula is C30H32N2. The Labute approximate surface area is 192 Å². The van der Waals surface area contributed by atoms with Crippen molar-refractivity contribution in [3.05, 3.63) is 95.3 Å². The van der Waals surface area contributed by atoms with Gasteiger partial charge in [0.25, 0.3) is 0 Å². The maximum atomic E-state index is 4.80. The second kappa shape index (κ2) is 7.48. The van der Waals surface area contributed by atoms with Crippen molar-refractivity contribution >= 4 is 0 Å². The molecule has 2 heteroatoms. The van der Waals surface area contributed by atoms with Gasteiger partial charge < -0.3 is 0 Å². The monoisotopic (exact) mass is 420 g/mol.